The Bertz CT molecular complexity index is 636. The van der Waals surface area contributed by atoms with Crippen LogP contribution in [0.25, 0.3) is 0 Å². The van der Waals surface area contributed by atoms with E-state index in [4.69, 9.17) is 4.52 Å². The lowest BCUT2D eigenvalue weighted by molar-refractivity contribution is -0.131. The molecule has 7 heteroatoms. The van der Waals surface area contributed by atoms with E-state index in [1.807, 2.05) is 10.3 Å². The molecule has 6 nitrogen and oxygen atoms in total. The maximum absolute atomic E-state index is 12.5. The molecule has 0 aromatic carbocycles. The second-order valence-corrected chi connectivity index (χ2v) is 6.12. The molecule has 1 saturated heterocycles. The average molecular weight is 306 g/mol. The SMILES string of the molecule is CCc1nc(CC(=O)N2CCC[C@@H]2c2noc(C)n2)cs1. The first-order chi connectivity index (χ1) is 10.2. The molecule has 1 aliphatic rings. The zero-order valence-corrected chi connectivity index (χ0v) is 13.0. The maximum Gasteiger partial charge on any atom is 0.229 e. The van der Waals surface area contributed by atoms with Crippen molar-refractivity contribution in [1.29, 1.82) is 0 Å². The van der Waals surface area contributed by atoms with Crippen LogP contribution in [0, 0.1) is 6.92 Å². The quantitative estimate of drug-likeness (QED) is 0.866. The molecule has 0 radical (unpaired) electrons. The Morgan fingerprint density at radius 3 is 3.05 bits per heavy atom. The summed E-state index contributed by atoms with van der Waals surface area (Å²) in [4.78, 5) is 23.1. The highest BCUT2D eigenvalue weighted by molar-refractivity contribution is 7.09. The molecular formula is C14H18N4O2S. The zero-order chi connectivity index (χ0) is 14.8. The first kappa shape index (κ1) is 14.2. The van der Waals surface area contributed by atoms with Gasteiger partial charge in [0.2, 0.25) is 11.8 Å². The van der Waals surface area contributed by atoms with Crippen LogP contribution >= 0.6 is 11.3 Å². The molecule has 3 rings (SSSR count). The fourth-order valence-electron chi connectivity index (χ4n) is 2.63. The normalized spacial score (nSPS) is 18.4. The summed E-state index contributed by atoms with van der Waals surface area (Å²) in [6, 6.07) is -0.0563. The minimum absolute atomic E-state index is 0.0563. The van der Waals surface area contributed by atoms with Gasteiger partial charge >= 0.3 is 0 Å². The van der Waals surface area contributed by atoms with Crippen LogP contribution in [0.15, 0.2) is 9.90 Å². The van der Waals surface area contributed by atoms with E-state index in [1.165, 1.54) is 0 Å². The summed E-state index contributed by atoms with van der Waals surface area (Å²) in [5.41, 5.74) is 0.858. The Labute approximate surface area is 127 Å². The number of aryl methyl sites for hydroxylation is 2. The number of rotatable bonds is 4. The predicted molar refractivity (Wildman–Crippen MR) is 77.9 cm³/mol. The Balaban J connectivity index is 1.71. The molecule has 1 aliphatic heterocycles. The number of hydrogen-bond donors (Lipinski definition) is 0. The lowest BCUT2D eigenvalue weighted by atomic mass is 10.2. The lowest BCUT2D eigenvalue weighted by Crippen LogP contribution is -2.32. The highest BCUT2D eigenvalue weighted by Gasteiger charge is 2.33. The van der Waals surface area contributed by atoms with Crippen LogP contribution in [-0.2, 0) is 17.6 Å². The number of nitrogens with zero attached hydrogens (tertiary/aromatic N) is 4. The second-order valence-electron chi connectivity index (χ2n) is 5.18. The summed E-state index contributed by atoms with van der Waals surface area (Å²) in [5.74, 6) is 1.25. The van der Waals surface area contributed by atoms with Crippen molar-refractivity contribution in [3.8, 4) is 0 Å². The van der Waals surface area contributed by atoms with Crippen LogP contribution in [0.3, 0.4) is 0 Å². The molecule has 0 aliphatic carbocycles. The molecule has 2 aromatic heterocycles. The van der Waals surface area contributed by atoms with E-state index in [9.17, 15) is 4.79 Å². The molecule has 0 saturated carbocycles. The fraction of sp³-hybridized carbons (Fsp3) is 0.571. The lowest BCUT2D eigenvalue weighted by Gasteiger charge is -2.21. The third-order valence-electron chi connectivity index (χ3n) is 3.65. The third-order valence-corrected chi connectivity index (χ3v) is 4.69. The van der Waals surface area contributed by atoms with E-state index >= 15 is 0 Å². The van der Waals surface area contributed by atoms with Gasteiger partial charge in [0, 0.05) is 18.8 Å². The van der Waals surface area contributed by atoms with Gasteiger partial charge in [-0.15, -0.1) is 11.3 Å². The monoisotopic (exact) mass is 306 g/mol. The highest BCUT2D eigenvalue weighted by atomic mass is 32.1. The van der Waals surface area contributed by atoms with E-state index in [2.05, 4.69) is 22.0 Å². The van der Waals surface area contributed by atoms with Crippen molar-refractivity contribution in [3.05, 3.63) is 27.8 Å². The van der Waals surface area contributed by atoms with Gasteiger partial charge in [0.05, 0.1) is 23.2 Å². The van der Waals surface area contributed by atoms with Gasteiger partial charge in [0.15, 0.2) is 5.82 Å². The summed E-state index contributed by atoms with van der Waals surface area (Å²) in [5, 5.41) is 7.01. The van der Waals surface area contributed by atoms with E-state index in [-0.39, 0.29) is 11.9 Å². The average Bonchev–Trinajstić information content (AvgIpc) is 3.17. The summed E-state index contributed by atoms with van der Waals surface area (Å²) in [6.45, 7) is 4.58. The summed E-state index contributed by atoms with van der Waals surface area (Å²) < 4.78 is 5.03. The number of carbonyl (C=O) groups is 1. The van der Waals surface area contributed by atoms with Crippen molar-refractivity contribution in [3.63, 3.8) is 0 Å². The van der Waals surface area contributed by atoms with Crippen LogP contribution < -0.4 is 0 Å². The van der Waals surface area contributed by atoms with Crippen molar-refractivity contribution in [1.82, 2.24) is 20.0 Å². The number of carbonyl (C=O) groups excluding carboxylic acids is 1. The van der Waals surface area contributed by atoms with Crippen LogP contribution in [0.2, 0.25) is 0 Å². The molecule has 0 bridgehead atoms. The number of thiazole rings is 1. The minimum Gasteiger partial charge on any atom is -0.340 e. The van der Waals surface area contributed by atoms with Crippen molar-refractivity contribution in [2.24, 2.45) is 0 Å². The summed E-state index contributed by atoms with van der Waals surface area (Å²) >= 11 is 1.61. The van der Waals surface area contributed by atoms with E-state index in [0.29, 0.717) is 18.1 Å². The maximum atomic E-state index is 12.5. The molecule has 1 atom stereocenters. The minimum atomic E-state index is -0.0563. The Morgan fingerprint density at radius 1 is 1.52 bits per heavy atom. The standard InChI is InChI=1S/C14H18N4O2S/c1-3-12-16-10(8-21-12)7-13(19)18-6-4-5-11(18)14-15-9(2)20-17-14/h8,11H,3-7H2,1-2H3/t11-/m1/s1. The van der Waals surface area contributed by atoms with Gasteiger partial charge in [0.25, 0.3) is 0 Å². The van der Waals surface area contributed by atoms with Crippen molar-refractivity contribution in [2.75, 3.05) is 6.54 Å². The smallest absolute Gasteiger partial charge is 0.229 e. The molecule has 112 valence electrons. The van der Waals surface area contributed by atoms with Gasteiger partial charge < -0.3 is 9.42 Å². The topological polar surface area (TPSA) is 72.1 Å². The first-order valence-corrected chi connectivity index (χ1v) is 8.08. The van der Waals surface area contributed by atoms with Crippen LogP contribution in [0.4, 0.5) is 0 Å². The predicted octanol–water partition coefficient (Wildman–Crippen LogP) is 2.30. The second kappa shape index (κ2) is 5.93. The summed E-state index contributed by atoms with van der Waals surface area (Å²) in [7, 11) is 0. The van der Waals surface area contributed by atoms with E-state index < -0.39 is 0 Å². The molecule has 0 N–H and O–H groups in total. The molecular weight excluding hydrogens is 288 g/mol. The van der Waals surface area contributed by atoms with Gasteiger partial charge in [-0.2, -0.15) is 4.98 Å². The van der Waals surface area contributed by atoms with Gasteiger partial charge in [-0.3, -0.25) is 4.79 Å². The third kappa shape index (κ3) is 2.97. The molecule has 0 spiro atoms. The van der Waals surface area contributed by atoms with Crippen LogP contribution in [-0.4, -0.2) is 32.5 Å². The van der Waals surface area contributed by atoms with Gasteiger partial charge in [-0.25, -0.2) is 4.98 Å². The molecule has 3 heterocycles. The largest absolute Gasteiger partial charge is 0.340 e. The van der Waals surface area contributed by atoms with Crippen LogP contribution in [0.1, 0.15) is 48.2 Å². The number of likely N-dealkylation sites (tertiary alicyclic amines) is 1. The van der Waals surface area contributed by atoms with Crippen molar-refractivity contribution >= 4 is 17.2 Å². The molecule has 2 aromatic rings. The Hall–Kier alpha value is -1.76. The van der Waals surface area contributed by atoms with Gasteiger partial charge in [-0.1, -0.05) is 12.1 Å². The van der Waals surface area contributed by atoms with Gasteiger partial charge in [0.1, 0.15) is 0 Å². The van der Waals surface area contributed by atoms with Crippen molar-refractivity contribution in [2.45, 2.75) is 45.6 Å². The molecule has 21 heavy (non-hydrogen) atoms. The number of aromatic nitrogens is 3. The highest BCUT2D eigenvalue weighted by Crippen LogP contribution is 2.30. The number of amides is 1. The molecule has 1 amide bonds. The summed E-state index contributed by atoms with van der Waals surface area (Å²) in [6.07, 6.45) is 3.13. The zero-order valence-electron chi connectivity index (χ0n) is 12.2. The van der Waals surface area contributed by atoms with Crippen molar-refractivity contribution < 1.29 is 9.32 Å². The Morgan fingerprint density at radius 2 is 2.38 bits per heavy atom. The van der Waals surface area contributed by atoms with E-state index in [0.717, 1.165) is 36.5 Å². The Kier molecular flexibility index (Phi) is 4.01. The fourth-order valence-corrected chi connectivity index (χ4v) is 3.38. The van der Waals surface area contributed by atoms with E-state index in [1.54, 1.807) is 18.3 Å². The van der Waals surface area contributed by atoms with Gasteiger partial charge in [-0.05, 0) is 19.3 Å². The molecule has 1 fully saturated rings. The van der Waals surface area contributed by atoms with Crippen LogP contribution in [0.5, 0.6) is 0 Å². The molecule has 0 unspecified atom stereocenters. The first-order valence-electron chi connectivity index (χ1n) is 7.20. The number of hydrogen-bond acceptors (Lipinski definition) is 6.